The molecule has 1 heterocycles. The van der Waals surface area contributed by atoms with Gasteiger partial charge in [0.05, 0.1) is 23.0 Å². The maximum absolute atomic E-state index is 14.4. The van der Waals surface area contributed by atoms with E-state index in [4.69, 9.17) is 25.4 Å². The number of aromatic nitrogens is 1. The summed E-state index contributed by atoms with van der Waals surface area (Å²) in [5.74, 6) is 1.68. The van der Waals surface area contributed by atoms with Crippen molar-refractivity contribution >= 4 is 70.0 Å². The number of benzene rings is 5. The minimum atomic E-state index is -3.83. The Balaban J connectivity index is 1.29. The maximum atomic E-state index is 14.4. The molecule has 0 aliphatic heterocycles. The van der Waals surface area contributed by atoms with Gasteiger partial charge in [-0.25, -0.2) is 8.42 Å². The third kappa shape index (κ3) is 7.27. The fourth-order valence-corrected chi connectivity index (χ4v) is 9.28. The van der Waals surface area contributed by atoms with Gasteiger partial charge in [-0.1, -0.05) is 99.5 Å². The van der Waals surface area contributed by atoms with Gasteiger partial charge in [0.1, 0.15) is 17.2 Å². The number of fused-ring (bicyclic) bond motifs is 1. The van der Waals surface area contributed by atoms with Crippen LogP contribution in [0.4, 0.5) is 5.69 Å². The third-order valence-corrected chi connectivity index (χ3v) is 12.2. The number of rotatable bonds is 15. The minimum absolute atomic E-state index is 0.272. The van der Waals surface area contributed by atoms with Gasteiger partial charge in [-0.05, 0) is 85.2 Å². The van der Waals surface area contributed by atoms with Gasteiger partial charge in [0.25, 0.3) is 0 Å². The number of allylic oxidation sites excluding steroid dienone is 5. The van der Waals surface area contributed by atoms with E-state index in [1.165, 1.54) is 0 Å². The van der Waals surface area contributed by atoms with Crippen molar-refractivity contribution in [3.05, 3.63) is 136 Å². The highest BCUT2D eigenvalue weighted by Crippen LogP contribution is 2.40. The Labute approximate surface area is 321 Å². The summed E-state index contributed by atoms with van der Waals surface area (Å²) in [4.78, 5) is 0.624. The van der Waals surface area contributed by atoms with Crippen molar-refractivity contribution in [3.8, 4) is 11.5 Å². The highest BCUT2D eigenvalue weighted by atomic mass is 32.2. The summed E-state index contributed by atoms with van der Waals surface area (Å²) < 4.78 is 42.8. The lowest BCUT2D eigenvalue weighted by atomic mass is 9.98. The molecule has 9 heteroatoms. The van der Waals surface area contributed by atoms with Gasteiger partial charge < -0.3 is 19.2 Å². The molecule has 1 aliphatic rings. The van der Waals surface area contributed by atoms with E-state index < -0.39 is 9.84 Å². The van der Waals surface area contributed by atoms with Crippen LogP contribution in [0.25, 0.3) is 38.5 Å². The quantitative estimate of drug-likeness (QED) is 0.0656. The molecule has 6 nitrogen and oxygen atoms in total. The van der Waals surface area contributed by atoms with Crippen molar-refractivity contribution in [2.75, 3.05) is 13.2 Å². The van der Waals surface area contributed by atoms with Crippen molar-refractivity contribution in [3.63, 3.8) is 0 Å². The van der Waals surface area contributed by atoms with Crippen LogP contribution >= 0.6 is 0 Å². The Morgan fingerprint density at radius 1 is 0.759 bits per heavy atom. The van der Waals surface area contributed by atoms with Gasteiger partial charge in [0.15, 0.2) is 0 Å². The van der Waals surface area contributed by atoms with Crippen LogP contribution in [0.15, 0.2) is 130 Å². The predicted molar refractivity (Wildman–Crippen MR) is 223 cm³/mol. The molecular weight excluding hydrogens is 686 g/mol. The van der Waals surface area contributed by atoms with Crippen LogP contribution in [0.3, 0.4) is 0 Å². The van der Waals surface area contributed by atoms with E-state index in [0.717, 1.165) is 97.4 Å². The molecule has 5 aromatic carbocycles. The summed E-state index contributed by atoms with van der Waals surface area (Å²) in [7, 11) is 9.00. The van der Waals surface area contributed by atoms with Crippen molar-refractivity contribution in [1.29, 1.82) is 0 Å². The fraction of sp³-hybridized carbons (Fsp3) is 0.244. The number of hydrogen-bond acceptors (Lipinski definition) is 4. The maximum Gasteiger partial charge on any atom is 0.483 e. The van der Waals surface area contributed by atoms with Gasteiger partial charge in [-0.3, -0.25) is 0 Å². The van der Waals surface area contributed by atoms with Crippen LogP contribution in [0.1, 0.15) is 57.9 Å². The van der Waals surface area contributed by atoms with Crippen molar-refractivity contribution < 1.29 is 23.1 Å². The molecule has 0 atom stereocenters. The Bertz CT molecular complexity index is 2570. The molecule has 0 spiro atoms. The molecule has 7 rings (SSSR count). The van der Waals surface area contributed by atoms with E-state index in [-0.39, 0.29) is 4.90 Å². The van der Waals surface area contributed by atoms with Gasteiger partial charge in [0.2, 0.25) is 17.8 Å². The van der Waals surface area contributed by atoms with Crippen molar-refractivity contribution in [2.24, 2.45) is 0 Å². The average molecular weight is 732 g/mol. The van der Waals surface area contributed by atoms with E-state index in [0.29, 0.717) is 37.4 Å². The first-order valence-electron chi connectivity index (χ1n) is 18.9. The first kappa shape index (κ1) is 37.3. The molecule has 0 bridgehead atoms. The molecule has 0 saturated heterocycles. The molecule has 4 radical (unpaired) electrons. The van der Waals surface area contributed by atoms with E-state index in [1.807, 2.05) is 60.7 Å². The van der Waals surface area contributed by atoms with Crippen LogP contribution in [0, 0.1) is 0 Å². The molecule has 0 fully saturated rings. The Kier molecular flexibility index (Phi) is 11.5. The standard InChI is InChI=1S/C45H45B2N2O4S/c1-3-5-29-52-41-27-24-38(48-46)43-31(14-11-19-36(41)43)13-10-15-32-21-22-33(45(32)54(50,51)34-16-8-7-9-17-34)23-25-39-35-18-12-20-37-42(53-30-6-4-2)28-26-40(44(35)37)49(39)47/h7-12,14-20,23-28H,3-6,13,21-22,29-30,48H2,1-2H3/q+1/b15-10+,33-23+,39-25+. The second kappa shape index (κ2) is 16.6. The summed E-state index contributed by atoms with van der Waals surface area (Å²) in [5, 5.41) is 7.52. The van der Waals surface area contributed by atoms with Gasteiger partial charge in [0, 0.05) is 43.9 Å². The number of unbranched alkanes of at least 4 members (excludes halogenated alkanes) is 2. The average Bonchev–Trinajstić information content (AvgIpc) is 3.73. The first-order valence-corrected chi connectivity index (χ1v) is 20.4. The van der Waals surface area contributed by atoms with Crippen molar-refractivity contribution in [2.45, 2.75) is 63.7 Å². The van der Waals surface area contributed by atoms with Crippen molar-refractivity contribution in [1.82, 2.24) is 4.48 Å². The number of nitrogens with zero attached hydrogens (tertiary/aromatic N) is 1. The zero-order chi connectivity index (χ0) is 37.7. The zero-order valence-electron chi connectivity index (χ0n) is 31.1. The van der Waals surface area contributed by atoms with Crippen LogP contribution < -0.4 is 20.1 Å². The molecule has 2 N–H and O–H groups in total. The van der Waals surface area contributed by atoms with Crippen LogP contribution in [0.5, 0.6) is 11.5 Å². The SMILES string of the molecule is [B][NH2+]c1ccc(OCCCC)c2cccc(C/C=C/C3=C(S(=O)(=O)c4ccccc4)C(=C/C=c4\c5cccc6c(OCCCC)ccc(c65)n4[B])/CC3)c12. The van der Waals surface area contributed by atoms with E-state index in [2.05, 4.69) is 44.2 Å². The molecule has 6 aromatic rings. The number of nitrogens with two attached hydrogens (primary N) is 1. The lowest BCUT2D eigenvalue weighted by molar-refractivity contribution is -0.404. The lowest BCUT2D eigenvalue weighted by Gasteiger charge is -2.13. The van der Waals surface area contributed by atoms with Gasteiger partial charge in [-0.15, -0.1) is 0 Å². The zero-order valence-corrected chi connectivity index (χ0v) is 31.9. The molecule has 0 saturated carbocycles. The highest BCUT2D eigenvalue weighted by molar-refractivity contribution is 7.95. The molecule has 54 heavy (non-hydrogen) atoms. The van der Waals surface area contributed by atoms with E-state index >= 15 is 0 Å². The molecule has 270 valence electrons. The predicted octanol–water partition coefficient (Wildman–Crippen LogP) is 8.26. The molecule has 0 unspecified atom stereocenters. The molecule has 1 aromatic heterocycles. The number of quaternary nitrogens is 1. The molecular formula is C45H45B2N2O4S+. The van der Waals surface area contributed by atoms with Crippen LogP contribution in [-0.2, 0) is 16.3 Å². The van der Waals surface area contributed by atoms with Gasteiger partial charge >= 0.3 is 7.98 Å². The van der Waals surface area contributed by atoms with E-state index in [1.54, 1.807) is 34.0 Å². The lowest BCUT2D eigenvalue weighted by Crippen LogP contribution is -2.75. The van der Waals surface area contributed by atoms with Crippen LogP contribution in [0.2, 0.25) is 0 Å². The minimum Gasteiger partial charge on any atom is -0.493 e. The van der Waals surface area contributed by atoms with Crippen LogP contribution in [-0.4, -0.2) is 42.1 Å². The summed E-state index contributed by atoms with van der Waals surface area (Å²) in [5.41, 5.74) is 4.45. The highest BCUT2D eigenvalue weighted by Gasteiger charge is 2.30. The first-order chi connectivity index (χ1) is 26.4. The molecule has 0 amide bonds. The third-order valence-electron chi connectivity index (χ3n) is 10.3. The fourth-order valence-electron chi connectivity index (χ4n) is 7.49. The largest absolute Gasteiger partial charge is 0.493 e. The van der Waals surface area contributed by atoms with E-state index in [9.17, 15) is 8.42 Å². The number of sulfone groups is 1. The Morgan fingerprint density at radius 2 is 1.43 bits per heavy atom. The summed E-state index contributed by atoms with van der Waals surface area (Å²) in [6.07, 6.45) is 13.8. The summed E-state index contributed by atoms with van der Waals surface area (Å²) in [6, 6.07) is 29.0. The Hall–Kier alpha value is -4.98. The Morgan fingerprint density at radius 3 is 2.13 bits per heavy atom. The second-order valence-corrected chi connectivity index (χ2v) is 15.7. The number of hydrogen-bond donors (Lipinski definition) is 1. The summed E-state index contributed by atoms with van der Waals surface area (Å²) in [6.45, 7) is 5.60. The monoisotopic (exact) mass is 731 g/mol. The smallest absolute Gasteiger partial charge is 0.483 e. The second-order valence-electron chi connectivity index (χ2n) is 13.8. The number of ether oxygens (including phenoxy) is 2. The topological polar surface area (TPSA) is 74.1 Å². The van der Waals surface area contributed by atoms with Gasteiger partial charge in [-0.2, -0.15) is 0 Å². The normalized spacial score (nSPS) is 14.9. The molecule has 1 aliphatic carbocycles. The summed E-state index contributed by atoms with van der Waals surface area (Å²) >= 11 is 0.